The molecule has 1 aliphatic heterocycles. The predicted molar refractivity (Wildman–Crippen MR) is 78.1 cm³/mol. The van der Waals surface area contributed by atoms with Crippen molar-refractivity contribution in [1.29, 1.82) is 0 Å². The molecule has 2 heterocycles. The molecule has 1 saturated heterocycles. The van der Waals surface area contributed by atoms with E-state index in [1.165, 1.54) is 0 Å². The predicted octanol–water partition coefficient (Wildman–Crippen LogP) is 0.871. The van der Waals surface area contributed by atoms with Crippen LogP contribution in [-0.4, -0.2) is 54.5 Å². The van der Waals surface area contributed by atoms with Crippen molar-refractivity contribution >= 4 is 22.7 Å². The Kier molecular flexibility index (Phi) is 3.94. The Balaban J connectivity index is 1.99. The number of aliphatic hydroxyl groups is 1. The van der Waals surface area contributed by atoms with E-state index in [0.717, 1.165) is 29.8 Å². The number of benzene rings is 1. The monoisotopic (exact) mass is 274 g/mol. The lowest BCUT2D eigenvalue weighted by molar-refractivity contribution is 0.122. The molecule has 2 N–H and O–H groups in total. The molecule has 106 valence electrons. The van der Waals surface area contributed by atoms with Crippen molar-refractivity contribution < 1.29 is 9.84 Å². The summed E-state index contributed by atoms with van der Waals surface area (Å²) >= 11 is 0. The zero-order chi connectivity index (χ0) is 13.8. The first-order valence-electron chi connectivity index (χ1n) is 6.82. The van der Waals surface area contributed by atoms with Gasteiger partial charge in [-0.05, 0) is 12.1 Å². The Morgan fingerprint density at radius 2 is 2.00 bits per heavy atom. The van der Waals surface area contributed by atoms with E-state index in [-0.39, 0.29) is 6.61 Å². The van der Waals surface area contributed by atoms with Crippen molar-refractivity contribution in [2.75, 3.05) is 49.7 Å². The molecule has 0 unspecified atom stereocenters. The summed E-state index contributed by atoms with van der Waals surface area (Å²) in [5, 5.41) is 13.1. The van der Waals surface area contributed by atoms with Crippen LogP contribution in [0, 0.1) is 0 Å². The van der Waals surface area contributed by atoms with Gasteiger partial charge in [0.25, 0.3) is 0 Å². The van der Waals surface area contributed by atoms with E-state index in [9.17, 15) is 0 Å². The number of anilines is 2. The van der Waals surface area contributed by atoms with Gasteiger partial charge in [0.15, 0.2) is 0 Å². The Morgan fingerprint density at radius 1 is 1.20 bits per heavy atom. The summed E-state index contributed by atoms with van der Waals surface area (Å²) in [6.45, 7) is 3.56. The lowest BCUT2D eigenvalue weighted by atomic mass is 10.2. The van der Waals surface area contributed by atoms with Gasteiger partial charge in [-0.25, -0.2) is 4.98 Å². The summed E-state index contributed by atoms with van der Waals surface area (Å²) in [7, 11) is 0. The number of nitrogens with one attached hydrogen (secondary N) is 1. The molecular weight excluding hydrogens is 256 g/mol. The molecule has 6 heteroatoms. The quantitative estimate of drug-likeness (QED) is 0.862. The number of hydrogen-bond donors (Lipinski definition) is 2. The number of nitrogens with zero attached hydrogens (tertiary/aromatic N) is 3. The van der Waals surface area contributed by atoms with Crippen LogP contribution in [0.15, 0.2) is 24.3 Å². The van der Waals surface area contributed by atoms with Gasteiger partial charge in [0.1, 0.15) is 5.82 Å². The van der Waals surface area contributed by atoms with Crippen molar-refractivity contribution in [2.45, 2.75) is 0 Å². The zero-order valence-electron chi connectivity index (χ0n) is 11.2. The standard InChI is InChI=1S/C14H18N4O2/c19-8-5-15-13-11-3-1-2-4-12(11)16-14(17-13)18-6-9-20-10-7-18/h1-4,19H,5-10H2,(H,15,16,17). The molecule has 0 bridgehead atoms. The lowest BCUT2D eigenvalue weighted by Crippen LogP contribution is -2.37. The third-order valence-corrected chi connectivity index (χ3v) is 3.29. The van der Waals surface area contributed by atoms with E-state index in [1.807, 2.05) is 24.3 Å². The highest BCUT2D eigenvalue weighted by Crippen LogP contribution is 2.23. The molecule has 0 spiro atoms. The van der Waals surface area contributed by atoms with Gasteiger partial charge in [0, 0.05) is 25.0 Å². The largest absolute Gasteiger partial charge is 0.395 e. The maximum Gasteiger partial charge on any atom is 0.228 e. The number of aromatic nitrogens is 2. The molecule has 2 aromatic rings. The molecule has 0 saturated carbocycles. The van der Waals surface area contributed by atoms with E-state index in [2.05, 4.69) is 20.2 Å². The summed E-state index contributed by atoms with van der Waals surface area (Å²) in [6.07, 6.45) is 0. The SMILES string of the molecule is OCCNc1nc(N2CCOCC2)nc2ccccc12. The van der Waals surface area contributed by atoms with Crippen molar-refractivity contribution in [3.05, 3.63) is 24.3 Å². The van der Waals surface area contributed by atoms with Crippen LogP contribution in [0.25, 0.3) is 10.9 Å². The van der Waals surface area contributed by atoms with Crippen LogP contribution < -0.4 is 10.2 Å². The van der Waals surface area contributed by atoms with Crippen molar-refractivity contribution in [3.8, 4) is 0 Å². The van der Waals surface area contributed by atoms with E-state index >= 15 is 0 Å². The molecule has 0 radical (unpaired) electrons. The lowest BCUT2D eigenvalue weighted by Gasteiger charge is -2.27. The fraction of sp³-hybridized carbons (Fsp3) is 0.429. The number of hydrogen-bond acceptors (Lipinski definition) is 6. The second kappa shape index (κ2) is 6.02. The molecular formula is C14H18N4O2. The number of aliphatic hydroxyl groups excluding tert-OH is 1. The molecule has 20 heavy (non-hydrogen) atoms. The first-order chi connectivity index (χ1) is 9.88. The molecule has 1 aliphatic rings. The average Bonchev–Trinajstić information content (AvgIpc) is 2.53. The summed E-state index contributed by atoms with van der Waals surface area (Å²) in [5.74, 6) is 1.48. The summed E-state index contributed by atoms with van der Waals surface area (Å²) in [5.41, 5.74) is 0.907. The van der Waals surface area contributed by atoms with Crippen LogP contribution in [0.5, 0.6) is 0 Å². The minimum absolute atomic E-state index is 0.0746. The van der Waals surface area contributed by atoms with Gasteiger partial charge in [-0.2, -0.15) is 4.98 Å². The molecule has 1 aromatic heterocycles. The molecule has 1 fully saturated rings. The third-order valence-electron chi connectivity index (χ3n) is 3.29. The Morgan fingerprint density at radius 3 is 2.80 bits per heavy atom. The second-order valence-corrected chi connectivity index (χ2v) is 4.64. The molecule has 1 aromatic carbocycles. The van der Waals surface area contributed by atoms with E-state index in [4.69, 9.17) is 9.84 Å². The highest BCUT2D eigenvalue weighted by molar-refractivity contribution is 5.90. The number of fused-ring (bicyclic) bond motifs is 1. The number of morpholine rings is 1. The van der Waals surface area contributed by atoms with Gasteiger partial charge in [0.05, 0.1) is 25.3 Å². The van der Waals surface area contributed by atoms with Gasteiger partial charge in [-0.15, -0.1) is 0 Å². The molecule has 6 nitrogen and oxygen atoms in total. The summed E-state index contributed by atoms with van der Waals surface area (Å²) in [4.78, 5) is 11.3. The van der Waals surface area contributed by atoms with E-state index in [0.29, 0.717) is 25.7 Å². The second-order valence-electron chi connectivity index (χ2n) is 4.64. The van der Waals surface area contributed by atoms with Crippen molar-refractivity contribution in [3.63, 3.8) is 0 Å². The van der Waals surface area contributed by atoms with E-state index < -0.39 is 0 Å². The van der Waals surface area contributed by atoms with Crippen LogP contribution >= 0.6 is 0 Å². The molecule has 0 amide bonds. The van der Waals surface area contributed by atoms with Gasteiger partial charge < -0.3 is 20.1 Å². The van der Waals surface area contributed by atoms with Crippen molar-refractivity contribution in [2.24, 2.45) is 0 Å². The minimum atomic E-state index is 0.0746. The Labute approximate surface area is 117 Å². The van der Waals surface area contributed by atoms with Crippen LogP contribution in [0.4, 0.5) is 11.8 Å². The Bertz CT molecular complexity index is 584. The highest BCUT2D eigenvalue weighted by atomic mass is 16.5. The molecule has 3 rings (SSSR count). The molecule has 0 atom stereocenters. The maximum absolute atomic E-state index is 8.98. The number of para-hydroxylation sites is 1. The maximum atomic E-state index is 8.98. The zero-order valence-corrected chi connectivity index (χ0v) is 11.2. The average molecular weight is 274 g/mol. The van der Waals surface area contributed by atoms with Crippen LogP contribution in [0.1, 0.15) is 0 Å². The topological polar surface area (TPSA) is 70.5 Å². The summed E-state index contributed by atoms with van der Waals surface area (Å²) in [6, 6.07) is 7.89. The minimum Gasteiger partial charge on any atom is -0.395 e. The number of rotatable bonds is 4. The summed E-state index contributed by atoms with van der Waals surface area (Å²) < 4.78 is 5.36. The van der Waals surface area contributed by atoms with Gasteiger partial charge >= 0.3 is 0 Å². The first kappa shape index (κ1) is 13.1. The fourth-order valence-electron chi connectivity index (χ4n) is 2.28. The highest BCUT2D eigenvalue weighted by Gasteiger charge is 2.16. The van der Waals surface area contributed by atoms with Crippen LogP contribution in [0.2, 0.25) is 0 Å². The normalized spacial score (nSPS) is 15.6. The van der Waals surface area contributed by atoms with Gasteiger partial charge in [0.2, 0.25) is 5.95 Å². The Hall–Kier alpha value is -1.92. The van der Waals surface area contributed by atoms with Crippen LogP contribution in [-0.2, 0) is 4.74 Å². The number of ether oxygens (including phenoxy) is 1. The van der Waals surface area contributed by atoms with Gasteiger partial charge in [-0.1, -0.05) is 12.1 Å². The molecule has 0 aliphatic carbocycles. The van der Waals surface area contributed by atoms with Crippen molar-refractivity contribution in [1.82, 2.24) is 9.97 Å². The fourth-order valence-corrected chi connectivity index (χ4v) is 2.28. The smallest absolute Gasteiger partial charge is 0.228 e. The van der Waals surface area contributed by atoms with Gasteiger partial charge in [-0.3, -0.25) is 0 Å². The third kappa shape index (κ3) is 2.66. The van der Waals surface area contributed by atoms with Crippen LogP contribution in [0.3, 0.4) is 0 Å². The first-order valence-corrected chi connectivity index (χ1v) is 6.82. The van der Waals surface area contributed by atoms with E-state index in [1.54, 1.807) is 0 Å².